The molecule has 108 valence electrons. The van der Waals surface area contributed by atoms with Crippen molar-refractivity contribution < 1.29 is 14.7 Å². The van der Waals surface area contributed by atoms with Crippen molar-refractivity contribution in [1.82, 2.24) is 10.2 Å². The number of urea groups is 1. The predicted octanol–water partition coefficient (Wildman–Crippen LogP) is 0.379. The van der Waals surface area contributed by atoms with Crippen molar-refractivity contribution in [3.8, 4) is 0 Å². The quantitative estimate of drug-likeness (QED) is 0.745. The van der Waals surface area contributed by atoms with Gasteiger partial charge in [0, 0.05) is 13.1 Å². The molecule has 3 amide bonds. The van der Waals surface area contributed by atoms with E-state index in [1.807, 2.05) is 6.07 Å². The Hall–Kier alpha value is -2.08. The molecule has 0 saturated carbocycles. The summed E-state index contributed by atoms with van der Waals surface area (Å²) in [4.78, 5) is 25.2. The van der Waals surface area contributed by atoms with Gasteiger partial charge in [0.25, 0.3) is 0 Å². The Morgan fingerprint density at radius 1 is 1.35 bits per heavy atom. The van der Waals surface area contributed by atoms with Crippen LogP contribution in [0.15, 0.2) is 30.3 Å². The number of nitrogens with two attached hydrogens (primary N) is 1. The van der Waals surface area contributed by atoms with E-state index >= 15 is 0 Å². The zero-order chi connectivity index (χ0) is 14.5. The van der Waals surface area contributed by atoms with Crippen LogP contribution in [0.5, 0.6) is 0 Å². The number of hydrogen-bond acceptors (Lipinski definition) is 3. The zero-order valence-electron chi connectivity index (χ0n) is 11.2. The summed E-state index contributed by atoms with van der Waals surface area (Å²) in [5.74, 6) is -0.242. The summed E-state index contributed by atoms with van der Waals surface area (Å²) in [5, 5.41) is 12.1. The Morgan fingerprint density at radius 2 is 2.05 bits per heavy atom. The molecular formula is C14H19N3O3. The normalized spacial score (nSPS) is 20.2. The average Bonchev–Trinajstić information content (AvgIpc) is 2.45. The molecule has 20 heavy (non-hydrogen) atoms. The summed E-state index contributed by atoms with van der Waals surface area (Å²) in [5.41, 5.74) is 5.83. The number of piperidine rings is 1. The largest absolute Gasteiger partial charge is 0.391 e. The van der Waals surface area contributed by atoms with Crippen molar-refractivity contribution in [1.29, 1.82) is 0 Å². The van der Waals surface area contributed by atoms with E-state index in [1.165, 1.54) is 0 Å². The molecule has 1 heterocycles. The maximum Gasteiger partial charge on any atom is 0.313 e. The summed E-state index contributed by atoms with van der Waals surface area (Å²) in [6, 6.07) is 7.40. The van der Waals surface area contributed by atoms with Gasteiger partial charge in [-0.25, -0.2) is 4.79 Å². The minimum Gasteiger partial charge on any atom is -0.391 e. The molecule has 0 spiro atoms. The van der Waals surface area contributed by atoms with Crippen molar-refractivity contribution in [3.05, 3.63) is 35.9 Å². The van der Waals surface area contributed by atoms with Crippen LogP contribution in [0.2, 0.25) is 0 Å². The standard InChI is InChI=1S/C14H19N3O3/c15-14(20)16-12(10-5-2-1-3-6-10)13(19)17-8-4-7-11(18)9-17/h1-3,5-6,11-12,18H,4,7-9H2,(H3,15,16,20). The summed E-state index contributed by atoms with van der Waals surface area (Å²) < 4.78 is 0. The molecule has 0 bridgehead atoms. The molecule has 0 aromatic heterocycles. The Morgan fingerprint density at radius 3 is 2.65 bits per heavy atom. The molecule has 1 aromatic rings. The first-order valence-electron chi connectivity index (χ1n) is 6.65. The number of aliphatic hydroxyl groups is 1. The number of nitrogens with zero attached hydrogens (tertiary/aromatic N) is 1. The highest BCUT2D eigenvalue weighted by Gasteiger charge is 2.29. The molecule has 6 heteroatoms. The lowest BCUT2D eigenvalue weighted by molar-refractivity contribution is -0.136. The Kier molecular flexibility index (Phi) is 4.57. The first-order valence-corrected chi connectivity index (χ1v) is 6.65. The topological polar surface area (TPSA) is 95.7 Å². The highest BCUT2D eigenvalue weighted by Crippen LogP contribution is 2.19. The monoisotopic (exact) mass is 277 g/mol. The Labute approximate surface area is 117 Å². The van der Waals surface area contributed by atoms with E-state index in [0.29, 0.717) is 25.1 Å². The van der Waals surface area contributed by atoms with Gasteiger partial charge in [-0.15, -0.1) is 0 Å². The lowest BCUT2D eigenvalue weighted by Gasteiger charge is -2.33. The van der Waals surface area contributed by atoms with Gasteiger partial charge in [-0.2, -0.15) is 0 Å². The first kappa shape index (κ1) is 14.3. The van der Waals surface area contributed by atoms with Crippen molar-refractivity contribution >= 4 is 11.9 Å². The fourth-order valence-corrected chi connectivity index (χ4v) is 2.41. The maximum atomic E-state index is 12.5. The third-order valence-corrected chi connectivity index (χ3v) is 3.37. The summed E-state index contributed by atoms with van der Waals surface area (Å²) in [7, 11) is 0. The summed E-state index contributed by atoms with van der Waals surface area (Å²) in [6.07, 6.45) is 0.950. The van der Waals surface area contributed by atoms with E-state index in [9.17, 15) is 14.7 Å². The highest BCUT2D eigenvalue weighted by molar-refractivity contribution is 5.87. The third kappa shape index (κ3) is 3.48. The minimum atomic E-state index is -0.806. The van der Waals surface area contributed by atoms with Gasteiger partial charge in [0.1, 0.15) is 6.04 Å². The molecule has 2 rings (SSSR count). The van der Waals surface area contributed by atoms with Crippen molar-refractivity contribution in [2.75, 3.05) is 13.1 Å². The van der Waals surface area contributed by atoms with Crippen molar-refractivity contribution in [2.45, 2.75) is 25.0 Å². The molecule has 0 radical (unpaired) electrons. The highest BCUT2D eigenvalue weighted by atomic mass is 16.3. The van der Waals surface area contributed by atoms with Crippen LogP contribution in [-0.4, -0.2) is 41.1 Å². The van der Waals surface area contributed by atoms with Gasteiger partial charge < -0.3 is 21.1 Å². The van der Waals surface area contributed by atoms with E-state index in [4.69, 9.17) is 5.73 Å². The van der Waals surface area contributed by atoms with Crippen LogP contribution in [0.3, 0.4) is 0 Å². The van der Waals surface area contributed by atoms with Gasteiger partial charge in [-0.05, 0) is 18.4 Å². The molecule has 1 aromatic carbocycles. The van der Waals surface area contributed by atoms with Crippen molar-refractivity contribution in [3.63, 3.8) is 0 Å². The van der Waals surface area contributed by atoms with Gasteiger partial charge in [0.2, 0.25) is 5.91 Å². The Bertz CT molecular complexity index is 478. The number of rotatable bonds is 3. The van der Waals surface area contributed by atoms with E-state index in [1.54, 1.807) is 29.2 Å². The number of hydrogen-bond donors (Lipinski definition) is 3. The second kappa shape index (κ2) is 6.38. The Balaban J connectivity index is 2.18. The zero-order valence-corrected chi connectivity index (χ0v) is 11.2. The van der Waals surface area contributed by atoms with E-state index in [0.717, 1.165) is 6.42 Å². The summed E-state index contributed by atoms with van der Waals surface area (Å²) in [6.45, 7) is 0.877. The third-order valence-electron chi connectivity index (χ3n) is 3.37. The van der Waals surface area contributed by atoms with E-state index < -0.39 is 18.2 Å². The molecule has 4 N–H and O–H groups in total. The van der Waals surface area contributed by atoms with E-state index in [-0.39, 0.29) is 5.91 Å². The number of likely N-dealkylation sites (tertiary alicyclic amines) is 1. The number of benzene rings is 1. The van der Waals surface area contributed by atoms with Gasteiger partial charge >= 0.3 is 6.03 Å². The molecule has 2 atom stereocenters. The molecule has 1 saturated heterocycles. The van der Waals surface area contributed by atoms with Crippen LogP contribution in [0.1, 0.15) is 24.4 Å². The molecule has 6 nitrogen and oxygen atoms in total. The smallest absolute Gasteiger partial charge is 0.313 e. The number of aliphatic hydroxyl groups excluding tert-OH is 1. The number of carbonyl (C=O) groups is 2. The average molecular weight is 277 g/mol. The number of β-amino-alcohol motifs (C(OH)–C–C–N with tert-alkyl or cyclic N) is 1. The molecule has 1 aliphatic heterocycles. The fraction of sp³-hybridized carbons (Fsp3) is 0.429. The van der Waals surface area contributed by atoms with Crippen LogP contribution < -0.4 is 11.1 Å². The van der Waals surface area contributed by atoms with Crippen molar-refractivity contribution in [2.24, 2.45) is 5.73 Å². The van der Waals surface area contributed by atoms with Gasteiger partial charge in [-0.3, -0.25) is 4.79 Å². The molecule has 1 fully saturated rings. The fourth-order valence-electron chi connectivity index (χ4n) is 2.41. The number of nitrogens with one attached hydrogen (secondary N) is 1. The minimum absolute atomic E-state index is 0.242. The van der Waals surface area contributed by atoms with Gasteiger partial charge in [-0.1, -0.05) is 30.3 Å². The molecular weight excluding hydrogens is 258 g/mol. The predicted molar refractivity (Wildman–Crippen MR) is 73.7 cm³/mol. The SMILES string of the molecule is NC(=O)NC(C(=O)N1CCCC(O)C1)c1ccccc1. The molecule has 2 unspecified atom stereocenters. The lowest BCUT2D eigenvalue weighted by Crippen LogP contribution is -2.49. The summed E-state index contributed by atoms with van der Waals surface area (Å²) >= 11 is 0. The van der Waals surface area contributed by atoms with Crippen LogP contribution in [-0.2, 0) is 4.79 Å². The number of primary amides is 1. The van der Waals surface area contributed by atoms with E-state index in [2.05, 4.69) is 5.32 Å². The van der Waals surface area contributed by atoms with Crippen LogP contribution in [0.25, 0.3) is 0 Å². The van der Waals surface area contributed by atoms with Crippen LogP contribution in [0, 0.1) is 0 Å². The van der Waals surface area contributed by atoms with Crippen LogP contribution in [0.4, 0.5) is 4.79 Å². The number of carbonyl (C=O) groups excluding carboxylic acids is 2. The molecule has 1 aliphatic rings. The lowest BCUT2D eigenvalue weighted by atomic mass is 10.0. The van der Waals surface area contributed by atoms with Crippen LogP contribution >= 0.6 is 0 Å². The second-order valence-electron chi connectivity index (χ2n) is 4.93. The molecule has 0 aliphatic carbocycles. The maximum absolute atomic E-state index is 12.5. The first-order chi connectivity index (χ1) is 9.58. The van der Waals surface area contributed by atoms with Gasteiger partial charge in [0.05, 0.1) is 6.10 Å². The van der Waals surface area contributed by atoms with Gasteiger partial charge in [0.15, 0.2) is 0 Å². The number of amides is 3. The second-order valence-corrected chi connectivity index (χ2v) is 4.93.